The first-order chi connectivity index (χ1) is 16.0. The maximum absolute atomic E-state index is 5.96. The molecule has 2 nitrogen and oxygen atoms in total. The van der Waals surface area contributed by atoms with Crippen LogP contribution in [0.3, 0.4) is 0 Å². The van der Waals surface area contributed by atoms with Crippen LogP contribution in [0.2, 0.25) is 0 Å². The summed E-state index contributed by atoms with van der Waals surface area (Å²) in [4.78, 5) is 0. The molecule has 0 N–H and O–H groups in total. The highest BCUT2D eigenvalue weighted by molar-refractivity contribution is 9.14. The lowest BCUT2D eigenvalue weighted by atomic mass is 10.0. The number of hydrogen-bond donors (Lipinski definition) is 0. The van der Waals surface area contributed by atoms with E-state index in [1.165, 1.54) is 69.8 Å². The normalized spacial score (nSPS) is 11.1. The lowest BCUT2D eigenvalue weighted by molar-refractivity contribution is 0.215. The highest BCUT2D eigenvalue weighted by Gasteiger charge is 2.12. The van der Waals surface area contributed by atoms with Gasteiger partial charge >= 0.3 is 0 Å². The van der Waals surface area contributed by atoms with E-state index in [9.17, 15) is 0 Å². The third kappa shape index (κ3) is 10.5. The van der Waals surface area contributed by atoms with Crippen molar-refractivity contribution in [2.45, 2.75) is 77.6 Å². The Bertz CT molecular complexity index is 857. The molecule has 0 unspecified atom stereocenters. The van der Waals surface area contributed by atoms with Crippen LogP contribution in [0, 0.1) is 0 Å². The van der Waals surface area contributed by atoms with Crippen LogP contribution in [0.4, 0.5) is 0 Å². The van der Waals surface area contributed by atoms with Crippen LogP contribution in [-0.2, 0) is 6.42 Å². The molecule has 0 aromatic heterocycles. The minimum Gasteiger partial charge on any atom is -0.489 e. The Kier molecular flexibility index (Phi) is 15.3. The standard InChI is InChI=1S/C26H33Br5O2/c1-2-3-4-5-6-7-8-9-10-11-12-19-13-15-21(25(30)23(19)28)32-17-18-33-22-16-14-20(27)24(29)26(22)31/h13-16H,2-12,17-18H2,1H3. The van der Waals surface area contributed by atoms with E-state index < -0.39 is 0 Å². The number of ether oxygens (including phenoxy) is 2. The summed E-state index contributed by atoms with van der Waals surface area (Å²) in [6, 6.07) is 8.09. The van der Waals surface area contributed by atoms with Crippen molar-refractivity contribution >= 4 is 79.6 Å². The Labute approximate surface area is 241 Å². The lowest BCUT2D eigenvalue weighted by Crippen LogP contribution is -2.10. The smallest absolute Gasteiger partial charge is 0.134 e. The lowest BCUT2D eigenvalue weighted by Gasteiger charge is -2.14. The zero-order valence-corrected chi connectivity index (χ0v) is 27.1. The van der Waals surface area contributed by atoms with Gasteiger partial charge in [-0.25, -0.2) is 0 Å². The van der Waals surface area contributed by atoms with Crippen LogP contribution in [0.25, 0.3) is 0 Å². The van der Waals surface area contributed by atoms with Crippen LogP contribution in [0.1, 0.15) is 76.7 Å². The van der Waals surface area contributed by atoms with Crippen molar-refractivity contribution in [2.75, 3.05) is 13.2 Å². The van der Waals surface area contributed by atoms with Gasteiger partial charge in [0.25, 0.3) is 0 Å². The Morgan fingerprint density at radius 1 is 0.545 bits per heavy atom. The molecule has 2 aromatic carbocycles. The molecule has 184 valence electrons. The van der Waals surface area contributed by atoms with Gasteiger partial charge in [-0.1, -0.05) is 70.8 Å². The van der Waals surface area contributed by atoms with E-state index in [1.807, 2.05) is 18.2 Å². The largest absolute Gasteiger partial charge is 0.489 e. The van der Waals surface area contributed by atoms with Crippen molar-refractivity contribution in [1.29, 1.82) is 0 Å². The van der Waals surface area contributed by atoms with Crippen LogP contribution in [0.5, 0.6) is 11.5 Å². The maximum Gasteiger partial charge on any atom is 0.134 e. The molecule has 33 heavy (non-hydrogen) atoms. The third-order valence-corrected chi connectivity index (χ3v) is 11.1. The SMILES string of the molecule is CCCCCCCCCCCCc1ccc(OCCOc2ccc(Br)c(Br)c2Br)c(Br)c1Br. The van der Waals surface area contributed by atoms with Gasteiger partial charge in [0.05, 0.1) is 8.95 Å². The van der Waals surface area contributed by atoms with Crippen molar-refractivity contribution in [3.8, 4) is 11.5 Å². The van der Waals surface area contributed by atoms with Crippen molar-refractivity contribution in [1.82, 2.24) is 0 Å². The zero-order chi connectivity index (χ0) is 24.1. The molecule has 0 bridgehead atoms. The molecule has 0 atom stereocenters. The highest BCUT2D eigenvalue weighted by Crippen LogP contribution is 2.38. The fourth-order valence-electron chi connectivity index (χ4n) is 3.60. The summed E-state index contributed by atoms with van der Waals surface area (Å²) in [5, 5.41) is 0. The van der Waals surface area contributed by atoms with Crippen molar-refractivity contribution in [3.63, 3.8) is 0 Å². The summed E-state index contributed by atoms with van der Waals surface area (Å²) in [5.41, 5.74) is 1.33. The average molecular weight is 777 g/mol. The molecular formula is C26H33Br5O2. The molecule has 0 saturated heterocycles. The fourth-order valence-corrected chi connectivity index (χ4v) is 6.01. The fraction of sp³-hybridized carbons (Fsp3) is 0.538. The second-order valence-corrected chi connectivity index (χ2v) is 12.2. The number of rotatable bonds is 16. The summed E-state index contributed by atoms with van der Waals surface area (Å²) in [6.07, 6.45) is 14.7. The molecular weight excluding hydrogens is 744 g/mol. The predicted molar refractivity (Wildman–Crippen MR) is 158 cm³/mol. The van der Waals surface area contributed by atoms with E-state index in [2.05, 4.69) is 92.6 Å². The average Bonchev–Trinajstić information content (AvgIpc) is 2.81. The second-order valence-electron chi connectivity index (χ2n) is 8.15. The van der Waals surface area contributed by atoms with Gasteiger partial charge < -0.3 is 9.47 Å². The molecule has 0 fully saturated rings. The van der Waals surface area contributed by atoms with Gasteiger partial charge in [0.15, 0.2) is 0 Å². The molecule has 0 aliphatic carbocycles. The monoisotopic (exact) mass is 772 g/mol. The number of aryl methyl sites for hydroxylation is 1. The molecule has 0 heterocycles. The van der Waals surface area contributed by atoms with E-state index >= 15 is 0 Å². The van der Waals surface area contributed by atoms with E-state index in [0.717, 1.165) is 40.3 Å². The molecule has 0 amide bonds. The molecule has 0 aliphatic rings. The van der Waals surface area contributed by atoms with Crippen LogP contribution in [0.15, 0.2) is 46.6 Å². The first kappa shape index (κ1) is 29.7. The number of benzene rings is 2. The topological polar surface area (TPSA) is 18.5 Å². The molecule has 2 rings (SSSR count). The minimum atomic E-state index is 0.455. The summed E-state index contributed by atoms with van der Waals surface area (Å²) in [7, 11) is 0. The van der Waals surface area contributed by atoms with Crippen molar-refractivity contribution < 1.29 is 9.47 Å². The Hall–Kier alpha value is 0.440. The first-order valence-corrected chi connectivity index (χ1v) is 15.8. The van der Waals surface area contributed by atoms with Crippen LogP contribution < -0.4 is 9.47 Å². The summed E-state index contributed by atoms with van der Waals surface area (Å²) in [6.45, 7) is 3.19. The molecule has 7 heteroatoms. The van der Waals surface area contributed by atoms with E-state index in [4.69, 9.17) is 9.47 Å². The highest BCUT2D eigenvalue weighted by atomic mass is 79.9. The van der Waals surface area contributed by atoms with Gasteiger partial charge in [-0.05, 0) is 116 Å². The summed E-state index contributed by atoms with van der Waals surface area (Å²) >= 11 is 18.0. The number of hydrogen-bond acceptors (Lipinski definition) is 2. The molecule has 0 aliphatic heterocycles. The summed E-state index contributed by atoms with van der Waals surface area (Å²) < 4.78 is 16.7. The summed E-state index contributed by atoms with van der Waals surface area (Å²) in [5.74, 6) is 1.61. The quantitative estimate of drug-likeness (QED) is 0.125. The molecule has 0 radical (unpaired) electrons. The number of unbranched alkanes of at least 4 members (excludes halogenated alkanes) is 9. The van der Waals surface area contributed by atoms with E-state index in [1.54, 1.807) is 0 Å². The zero-order valence-electron chi connectivity index (χ0n) is 19.2. The Morgan fingerprint density at radius 2 is 1.03 bits per heavy atom. The van der Waals surface area contributed by atoms with Crippen LogP contribution >= 0.6 is 79.6 Å². The Balaban J connectivity index is 1.68. The first-order valence-electron chi connectivity index (χ1n) is 11.8. The van der Waals surface area contributed by atoms with Crippen LogP contribution in [-0.4, -0.2) is 13.2 Å². The van der Waals surface area contributed by atoms with E-state index in [0.29, 0.717) is 13.2 Å². The third-order valence-electron chi connectivity index (χ3n) is 5.52. The van der Waals surface area contributed by atoms with E-state index in [-0.39, 0.29) is 0 Å². The molecule has 0 saturated carbocycles. The van der Waals surface area contributed by atoms with Gasteiger partial charge in [-0.3, -0.25) is 0 Å². The van der Waals surface area contributed by atoms with Gasteiger partial charge in [0.1, 0.15) is 24.7 Å². The predicted octanol–water partition coefficient (Wildman–Crippen LogP) is 11.4. The van der Waals surface area contributed by atoms with Crippen molar-refractivity contribution in [2.24, 2.45) is 0 Å². The minimum absolute atomic E-state index is 0.455. The second kappa shape index (κ2) is 17.0. The van der Waals surface area contributed by atoms with Crippen molar-refractivity contribution in [3.05, 3.63) is 52.2 Å². The molecule has 0 spiro atoms. The number of halogens is 5. The van der Waals surface area contributed by atoms with Gasteiger partial charge in [0, 0.05) is 13.4 Å². The Morgan fingerprint density at radius 3 is 1.61 bits per heavy atom. The van der Waals surface area contributed by atoms with Gasteiger partial charge in [-0.15, -0.1) is 0 Å². The maximum atomic E-state index is 5.96. The molecule has 2 aromatic rings. The van der Waals surface area contributed by atoms with Gasteiger partial charge in [-0.2, -0.15) is 0 Å². The van der Waals surface area contributed by atoms with Gasteiger partial charge in [0.2, 0.25) is 0 Å².